The molecule has 0 unspecified atom stereocenters. The van der Waals surface area contributed by atoms with E-state index in [9.17, 15) is 18.4 Å². The summed E-state index contributed by atoms with van der Waals surface area (Å²) in [7, 11) is 0. The third-order valence-electron chi connectivity index (χ3n) is 3.14. The molecule has 0 aliphatic heterocycles. The van der Waals surface area contributed by atoms with E-state index in [1.807, 2.05) is 0 Å². The first kappa shape index (κ1) is 17.6. The van der Waals surface area contributed by atoms with Crippen LogP contribution in [0.4, 0.5) is 8.78 Å². The molecule has 2 N–H and O–H groups in total. The van der Waals surface area contributed by atoms with Crippen LogP contribution in [0.3, 0.4) is 0 Å². The molecule has 0 atom stereocenters. The molecule has 2 aromatic rings. The van der Waals surface area contributed by atoms with Gasteiger partial charge >= 0.3 is 0 Å². The van der Waals surface area contributed by atoms with E-state index in [1.165, 1.54) is 12.3 Å². The summed E-state index contributed by atoms with van der Waals surface area (Å²) < 4.78 is 31.9. The average Bonchev–Trinajstić information content (AvgIpc) is 3.00. The Bertz CT molecular complexity index is 731. The Balaban J connectivity index is 1.87. The quantitative estimate of drug-likeness (QED) is 0.807. The zero-order valence-electron chi connectivity index (χ0n) is 13.1. The second kappa shape index (κ2) is 8.19. The second-order valence-corrected chi connectivity index (χ2v) is 4.97. The summed E-state index contributed by atoms with van der Waals surface area (Å²) in [6.07, 6.45) is 1.59. The first-order valence-corrected chi connectivity index (χ1v) is 7.43. The Labute approximate surface area is 137 Å². The number of halogens is 2. The van der Waals surface area contributed by atoms with Gasteiger partial charge in [0.25, 0.3) is 0 Å². The molecule has 8 heteroatoms. The molecule has 0 aliphatic carbocycles. The van der Waals surface area contributed by atoms with E-state index in [0.29, 0.717) is 6.54 Å². The van der Waals surface area contributed by atoms with Crippen molar-refractivity contribution in [3.63, 3.8) is 0 Å². The predicted molar refractivity (Wildman–Crippen MR) is 81.9 cm³/mol. The number of aryl methyl sites for hydroxylation is 1. The number of carbonyl (C=O) groups is 2. The summed E-state index contributed by atoms with van der Waals surface area (Å²) in [6.45, 7) is 2.18. The molecule has 0 saturated carbocycles. The van der Waals surface area contributed by atoms with Gasteiger partial charge in [-0.1, -0.05) is 0 Å². The lowest BCUT2D eigenvalue weighted by molar-refractivity contribution is -0.126. The summed E-state index contributed by atoms with van der Waals surface area (Å²) >= 11 is 0. The lowest BCUT2D eigenvalue weighted by atomic mass is 10.2. The summed E-state index contributed by atoms with van der Waals surface area (Å²) in [5.41, 5.74) is 0.0934. The van der Waals surface area contributed by atoms with Crippen molar-refractivity contribution >= 4 is 11.8 Å². The highest BCUT2D eigenvalue weighted by Crippen LogP contribution is 2.24. The average molecular weight is 337 g/mol. The summed E-state index contributed by atoms with van der Waals surface area (Å²) in [6, 6.07) is 3.13. The number of oxazole rings is 1. The molecule has 0 fully saturated rings. The number of rotatable bonds is 7. The molecule has 0 radical (unpaired) electrons. The molecule has 1 heterocycles. The van der Waals surface area contributed by atoms with Crippen molar-refractivity contribution in [1.82, 2.24) is 15.6 Å². The van der Waals surface area contributed by atoms with Gasteiger partial charge in [-0.3, -0.25) is 9.59 Å². The lowest BCUT2D eigenvalue weighted by Gasteiger charge is -2.04. The van der Waals surface area contributed by atoms with Gasteiger partial charge in [0.1, 0.15) is 11.6 Å². The molecule has 1 aromatic carbocycles. The zero-order chi connectivity index (χ0) is 17.5. The largest absolute Gasteiger partial charge is 0.441 e. The number of hydrogen-bond donors (Lipinski definition) is 2. The molecule has 2 rings (SSSR count). The van der Waals surface area contributed by atoms with Gasteiger partial charge in [-0.05, 0) is 19.1 Å². The molecule has 6 nitrogen and oxygen atoms in total. The Hall–Kier alpha value is -2.77. The van der Waals surface area contributed by atoms with Crippen LogP contribution in [0.5, 0.6) is 0 Å². The molecule has 0 saturated heterocycles. The first-order chi connectivity index (χ1) is 11.5. The van der Waals surface area contributed by atoms with E-state index >= 15 is 0 Å². The minimum atomic E-state index is -0.752. The van der Waals surface area contributed by atoms with Gasteiger partial charge in [-0.2, -0.15) is 0 Å². The van der Waals surface area contributed by atoms with Gasteiger partial charge in [0.2, 0.25) is 11.8 Å². The standard InChI is InChI=1S/C16H17F2N3O3/c1-2-19-15(23)9-20-14(22)5-6-16-21-8-13(24-16)11-4-3-10(17)7-12(11)18/h3-4,7-8H,2,5-6,9H2,1H3,(H,19,23)(H,20,22). The van der Waals surface area contributed by atoms with Crippen LogP contribution >= 0.6 is 0 Å². The smallest absolute Gasteiger partial charge is 0.239 e. The highest BCUT2D eigenvalue weighted by atomic mass is 19.1. The third-order valence-corrected chi connectivity index (χ3v) is 3.14. The van der Waals surface area contributed by atoms with E-state index in [0.717, 1.165) is 12.1 Å². The van der Waals surface area contributed by atoms with Gasteiger partial charge in [0.05, 0.1) is 18.3 Å². The topological polar surface area (TPSA) is 84.2 Å². The van der Waals surface area contributed by atoms with Crippen molar-refractivity contribution < 1.29 is 22.8 Å². The minimum Gasteiger partial charge on any atom is -0.441 e. The maximum Gasteiger partial charge on any atom is 0.239 e. The second-order valence-electron chi connectivity index (χ2n) is 4.97. The fourth-order valence-corrected chi connectivity index (χ4v) is 1.99. The van der Waals surface area contributed by atoms with Crippen molar-refractivity contribution in [2.24, 2.45) is 0 Å². The Kier molecular flexibility index (Phi) is 6.00. The van der Waals surface area contributed by atoms with Crippen molar-refractivity contribution in [3.05, 3.63) is 41.9 Å². The molecule has 0 bridgehead atoms. The molecule has 1 aromatic heterocycles. The molecule has 128 valence electrons. The van der Waals surface area contributed by atoms with E-state index < -0.39 is 11.6 Å². The van der Waals surface area contributed by atoms with Gasteiger partial charge in [-0.25, -0.2) is 13.8 Å². The maximum atomic E-state index is 13.7. The molecular formula is C16H17F2N3O3. The fraction of sp³-hybridized carbons (Fsp3) is 0.312. The fourth-order valence-electron chi connectivity index (χ4n) is 1.99. The van der Waals surface area contributed by atoms with Crippen LogP contribution in [0.1, 0.15) is 19.2 Å². The number of benzene rings is 1. The Morgan fingerprint density at radius 2 is 2.00 bits per heavy atom. The van der Waals surface area contributed by atoms with Gasteiger partial charge < -0.3 is 15.1 Å². The highest BCUT2D eigenvalue weighted by molar-refractivity contribution is 5.84. The first-order valence-electron chi connectivity index (χ1n) is 7.43. The van der Waals surface area contributed by atoms with Crippen LogP contribution in [0, 0.1) is 11.6 Å². The van der Waals surface area contributed by atoms with Crippen LogP contribution in [0.15, 0.2) is 28.8 Å². The van der Waals surface area contributed by atoms with Gasteiger partial charge in [0.15, 0.2) is 11.7 Å². The van der Waals surface area contributed by atoms with E-state index in [2.05, 4.69) is 15.6 Å². The number of nitrogens with zero attached hydrogens (tertiary/aromatic N) is 1. The van der Waals surface area contributed by atoms with Crippen LogP contribution < -0.4 is 10.6 Å². The number of carbonyl (C=O) groups excluding carboxylic acids is 2. The Morgan fingerprint density at radius 1 is 1.21 bits per heavy atom. The molecule has 0 spiro atoms. The molecule has 24 heavy (non-hydrogen) atoms. The van der Waals surface area contributed by atoms with E-state index in [-0.39, 0.29) is 48.4 Å². The van der Waals surface area contributed by atoms with Crippen LogP contribution in [0.2, 0.25) is 0 Å². The number of amides is 2. The van der Waals surface area contributed by atoms with E-state index in [1.54, 1.807) is 6.92 Å². The zero-order valence-corrected chi connectivity index (χ0v) is 13.1. The van der Waals surface area contributed by atoms with Crippen molar-refractivity contribution in [2.75, 3.05) is 13.1 Å². The van der Waals surface area contributed by atoms with Crippen molar-refractivity contribution in [3.8, 4) is 11.3 Å². The normalized spacial score (nSPS) is 10.5. The van der Waals surface area contributed by atoms with Gasteiger partial charge in [-0.15, -0.1) is 0 Å². The van der Waals surface area contributed by atoms with Crippen molar-refractivity contribution in [1.29, 1.82) is 0 Å². The van der Waals surface area contributed by atoms with Gasteiger partial charge in [0, 0.05) is 25.5 Å². The number of aromatic nitrogens is 1. The minimum absolute atomic E-state index is 0.0747. The summed E-state index contributed by atoms with van der Waals surface area (Å²) in [5.74, 6) is -1.62. The number of nitrogens with one attached hydrogen (secondary N) is 2. The number of likely N-dealkylation sites (N-methyl/N-ethyl adjacent to an activating group) is 1. The highest BCUT2D eigenvalue weighted by Gasteiger charge is 2.13. The van der Waals surface area contributed by atoms with Crippen LogP contribution in [-0.4, -0.2) is 29.9 Å². The van der Waals surface area contributed by atoms with Crippen molar-refractivity contribution in [2.45, 2.75) is 19.8 Å². The predicted octanol–water partition coefficient (Wildman–Crippen LogP) is 1.80. The summed E-state index contributed by atoms with van der Waals surface area (Å²) in [4.78, 5) is 26.8. The lowest BCUT2D eigenvalue weighted by Crippen LogP contribution is -2.36. The van der Waals surface area contributed by atoms with Crippen LogP contribution in [0.25, 0.3) is 11.3 Å². The summed E-state index contributed by atoms with van der Waals surface area (Å²) in [5, 5.41) is 5.03. The molecule has 2 amide bonds. The Morgan fingerprint density at radius 3 is 2.71 bits per heavy atom. The van der Waals surface area contributed by atoms with E-state index in [4.69, 9.17) is 4.42 Å². The number of hydrogen-bond acceptors (Lipinski definition) is 4. The van der Waals surface area contributed by atoms with Crippen LogP contribution in [-0.2, 0) is 16.0 Å². The SMILES string of the molecule is CCNC(=O)CNC(=O)CCc1ncc(-c2ccc(F)cc2F)o1. The maximum absolute atomic E-state index is 13.7. The molecular weight excluding hydrogens is 320 g/mol. The third kappa shape index (κ3) is 4.87. The molecule has 0 aliphatic rings. The monoisotopic (exact) mass is 337 g/mol.